The topological polar surface area (TPSA) is 314 Å². The van der Waals surface area contributed by atoms with Crippen molar-refractivity contribution in [2.45, 2.75) is 6.42 Å². The van der Waals surface area contributed by atoms with Gasteiger partial charge in [0.1, 0.15) is 32.2 Å². The molecule has 30 heteroatoms. The highest BCUT2D eigenvalue weighted by molar-refractivity contribution is 7.95. The van der Waals surface area contributed by atoms with E-state index < -0.39 is 32.2 Å². The van der Waals surface area contributed by atoms with Crippen LogP contribution in [0, 0.1) is 0 Å². The molecule has 6 heterocycles. The molecule has 0 radical (unpaired) electrons. The molecular weight excluding hydrogens is 1240 g/mol. The van der Waals surface area contributed by atoms with Crippen LogP contribution in [-0.2, 0) is 45.4 Å². The minimum Gasteiger partial charge on any atom is -0.493 e. The molecule has 2 saturated heterocycles. The van der Waals surface area contributed by atoms with Crippen LogP contribution >= 0.6 is 11.3 Å². The number of anilines is 6. The van der Waals surface area contributed by atoms with Gasteiger partial charge in [0.05, 0.1) is 51.8 Å². The molecular formula is C61H65N11O16S3. The lowest BCUT2D eigenvalue weighted by molar-refractivity contribution is 0.121. The van der Waals surface area contributed by atoms with Gasteiger partial charge in [-0.05, 0) is 78.0 Å². The Labute approximate surface area is 529 Å². The van der Waals surface area contributed by atoms with Crippen LogP contribution in [0.1, 0.15) is 10.4 Å². The quantitative estimate of drug-likeness (QED) is 0.0348. The Balaban J connectivity index is 0.000000215. The van der Waals surface area contributed by atoms with E-state index in [1.807, 2.05) is 39.4 Å². The fraction of sp³-hybridized carbons (Fsp3) is 0.262. The number of benzene rings is 4. The number of nitrogens with one attached hydrogen (secondary N) is 4. The number of methoxy groups -OCH3 is 2. The Bertz CT molecular complexity index is 3890. The first-order valence-electron chi connectivity index (χ1n) is 28.3. The molecule has 478 valence electrons. The van der Waals surface area contributed by atoms with Crippen LogP contribution in [0.4, 0.5) is 44.6 Å². The second-order valence-corrected chi connectivity index (χ2v) is 23.6. The zero-order valence-electron chi connectivity index (χ0n) is 49.4. The molecule has 10 rings (SSSR count). The SMILES string of the molecule is COc1ccccc1Oc1c(NS(=O)(=O)C=Cc2ccccc2)nc(N2CCOCC2)nc1OCCOC(=O)Nc1ccccc1.COc1ccccc1Oc1c(NS(=O)(=O)CCc2cccs2)nc(N2CCOCC2)nc1OCCOC(=O)Nc1ccccn1. The fourth-order valence-corrected chi connectivity index (χ4v) is 11.1. The molecule has 0 saturated carbocycles. The first kappa shape index (κ1) is 65.4. The van der Waals surface area contributed by atoms with Crippen molar-refractivity contribution in [1.82, 2.24) is 24.9 Å². The van der Waals surface area contributed by atoms with Crippen LogP contribution in [0.5, 0.6) is 46.3 Å². The van der Waals surface area contributed by atoms with E-state index in [-0.39, 0.29) is 90.5 Å². The van der Waals surface area contributed by atoms with E-state index in [0.29, 0.717) is 87.6 Å². The normalized spacial score (nSPS) is 13.2. The largest absolute Gasteiger partial charge is 0.493 e. The highest BCUT2D eigenvalue weighted by atomic mass is 32.2. The number of aromatic nitrogens is 5. The molecule has 2 aliphatic rings. The number of carbonyl (C=O) groups excluding carboxylic acids is 2. The summed E-state index contributed by atoms with van der Waals surface area (Å²) in [5, 5.41) is 8.07. The number of para-hydroxylation sites is 5. The summed E-state index contributed by atoms with van der Waals surface area (Å²) in [7, 11) is -5.04. The average Bonchev–Trinajstić information content (AvgIpc) is 1.96. The minimum absolute atomic E-state index is 0.0675. The van der Waals surface area contributed by atoms with E-state index in [1.54, 1.807) is 115 Å². The van der Waals surface area contributed by atoms with Gasteiger partial charge in [0.25, 0.3) is 21.8 Å². The van der Waals surface area contributed by atoms with Crippen LogP contribution in [-0.4, -0.2) is 153 Å². The Morgan fingerprint density at radius 3 is 1.59 bits per heavy atom. The summed E-state index contributed by atoms with van der Waals surface area (Å²) >= 11 is 1.48. The van der Waals surface area contributed by atoms with Gasteiger partial charge in [-0.3, -0.25) is 20.1 Å². The summed E-state index contributed by atoms with van der Waals surface area (Å²) in [5.41, 5.74) is 1.26. The molecule has 0 aliphatic carbocycles. The van der Waals surface area contributed by atoms with Crippen molar-refractivity contribution < 1.29 is 73.8 Å². The second kappa shape index (κ2) is 33.0. The van der Waals surface area contributed by atoms with Gasteiger partial charge in [0, 0.05) is 42.9 Å². The van der Waals surface area contributed by atoms with E-state index in [1.165, 1.54) is 37.8 Å². The number of sulfonamides is 2. The lowest BCUT2D eigenvalue weighted by atomic mass is 10.2. The van der Waals surface area contributed by atoms with E-state index in [9.17, 15) is 26.4 Å². The maximum absolute atomic E-state index is 13.3. The van der Waals surface area contributed by atoms with Crippen molar-refractivity contribution in [3.8, 4) is 46.3 Å². The van der Waals surface area contributed by atoms with Gasteiger partial charge in [-0.25, -0.2) is 31.4 Å². The highest BCUT2D eigenvalue weighted by Crippen LogP contribution is 2.43. The maximum atomic E-state index is 13.3. The third-order valence-electron chi connectivity index (χ3n) is 12.7. The standard InChI is InChI=1S/C32H33N5O8S.C29H32N6O8S2/c1-41-26-14-8-9-15-27(26)45-28-29(36-46(39,40)23-16-24-10-4-2-5-11-24)34-31(37-17-19-42-20-18-37)35-30(28)43-21-22-44-32(38)33-25-12-6-3-7-13-25;1-39-22-8-2-3-9-23(22)43-25-26(34-45(37,38)20-11-21-7-6-19-44-21)32-28(35-13-15-40-16-14-35)33-27(25)41-17-18-42-29(36)31-24-10-4-5-12-30-24/h2-16,23H,17-22H2,1H3,(H,33,38)(H,34,35,36);2-10,12,19H,11,13-18,20H2,1H3,(H,30,31,36)(H,32,33,34). The Hall–Kier alpha value is -10.0. The molecule has 2 amide bonds. The lowest BCUT2D eigenvalue weighted by Crippen LogP contribution is -2.37. The monoisotopic (exact) mass is 1300 g/mol. The predicted molar refractivity (Wildman–Crippen MR) is 341 cm³/mol. The van der Waals surface area contributed by atoms with Crippen molar-refractivity contribution in [3.05, 3.63) is 167 Å². The molecule has 4 aromatic carbocycles. The van der Waals surface area contributed by atoms with Crippen LogP contribution in [0.25, 0.3) is 6.08 Å². The van der Waals surface area contributed by atoms with Crippen LogP contribution in [0.2, 0.25) is 0 Å². The second-order valence-electron chi connectivity index (χ2n) is 19.1. The number of rotatable bonds is 27. The summed E-state index contributed by atoms with van der Waals surface area (Å²) in [5.74, 6) is 1.21. The molecule has 4 aromatic heterocycles. The van der Waals surface area contributed by atoms with E-state index in [2.05, 4.69) is 45.0 Å². The number of amides is 2. The molecule has 0 spiro atoms. The molecule has 27 nitrogen and oxygen atoms in total. The van der Waals surface area contributed by atoms with Gasteiger partial charge in [-0.15, -0.1) is 11.3 Å². The van der Waals surface area contributed by atoms with Gasteiger partial charge >= 0.3 is 12.2 Å². The van der Waals surface area contributed by atoms with Crippen molar-refractivity contribution in [3.63, 3.8) is 0 Å². The molecule has 0 unspecified atom stereocenters. The Kier molecular flexibility index (Phi) is 23.7. The number of pyridine rings is 1. The van der Waals surface area contributed by atoms with Gasteiger partial charge < -0.3 is 57.2 Å². The summed E-state index contributed by atoms with van der Waals surface area (Å²) in [6, 6.07) is 40.3. The molecule has 2 fully saturated rings. The molecule has 8 aromatic rings. The molecule has 2 aliphatic heterocycles. The molecule has 91 heavy (non-hydrogen) atoms. The predicted octanol–water partition coefficient (Wildman–Crippen LogP) is 9.34. The van der Waals surface area contributed by atoms with Crippen molar-refractivity contribution in [2.75, 3.05) is 129 Å². The summed E-state index contributed by atoms with van der Waals surface area (Å²) in [6.45, 7) is 3.07. The van der Waals surface area contributed by atoms with Crippen LogP contribution in [0.15, 0.2) is 157 Å². The highest BCUT2D eigenvalue weighted by Gasteiger charge is 2.29. The Morgan fingerprint density at radius 1 is 0.571 bits per heavy atom. The van der Waals surface area contributed by atoms with Crippen LogP contribution in [0.3, 0.4) is 0 Å². The Morgan fingerprint density at radius 2 is 1.08 bits per heavy atom. The zero-order valence-corrected chi connectivity index (χ0v) is 51.8. The van der Waals surface area contributed by atoms with Crippen LogP contribution < -0.4 is 58.3 Å². The first-order chi connectivity index (χ1) is 44.3. The summed E-state index contributed by atoms with van der Waals surface area (Å²) in [6.07, 6.45) is 1.92. The number of morpholine rings is 2. The first-order valence-corrected chi connectivity index (χ1v) is 32.4. The van der Waals surface area contributed by atoms with E-state index in [0.717, 1.165) is 10.3 Å². The number of ether oxygens (including phenoxy) is 10. The minimum atomic E-state index is -4.10. The third-order valence-corrected chi connectivity index (χ3v) is 15.9. The summed E-state index contributed by atoms with van der Waals surface area (Å²) in [4.78, 5) is 51.4. The molecule has 0 bridgehead atoms. The molecule has 4 N–H and O–H groups in total. The van der Waals surface area contributed by atoms with Crippen molar-refractivity contribution in [2.24, 2.45) is 0 Å². The number of hydrogen-bond acceptors (Lipinski definition) is 24. The van der Waals surface area contributed by atoms with Gasteiger partial charge in [-0.2, -0.15) is 19.9 Å². The lowest BCUT2D eigenvalue weighted by Gasteiger charge is -2.28. The van der Waals surface area contributed by atoms with E-state index in [4.69, 9.17) is 47.4 Å². The van der Waals surface area contributed by atoms with Gasteiger partial charge in [-0.1, -0.05) is 84.9 Å². The van der Waals surface area contributed by atoms with E-state index >= 15 is 0 Å². The number of thiophene rings is 1. The fourth-order valence-electron chi connectivity index (χ4n) is 8.38. The van der Waals surface area contributed by atoms with Gasteiger partial charge in [0.15, 0.2) is 34.6 Å². The number of carbonyl (C=O) groups is 2. The summed E-state index contributed by atoms with van der Waals surface area (Å²) < 4.78 is 115. The number of nitrogens with zero attached hydrogens (tertiary/aromatic N) is 7. The zero-order chi connectivity index (χ0) is 63.7. The number of aryl methyl sites for hydroxylation is 1. The molecule has 0 atom stereocenters. The maximum Gasteiger partial charge on any atom is 0.412 e. The average molecular weight is 1300 g/mol. The third kappa shape index (κ3) is 20.3. The smallest absolute Gasteiger partial charge is 0.412 e. The van der Waals surface area contributed by atoms with Crippen molar-refractivity contribution in [1.29, 1.82) is 0 Å². The number of hydrogen-bond donors (Lipinski definition) is 4. The van der Waals surface area contributed by atoms with Crippen molar-refractivity contribution >= 4 is 84.7 Å². The van der Waals surface area contributed by atoms with Gasteiger partial charge in [0.2, 0.25) is 33.4 Å².